The third kappa shape index (κ3) is 5.69. The van der Waals surface area contributed by atoms with Gasteiger partial charge in [-0.15, -0.1) is 0 Å². The molecule has 1 heterocycles. The standard InChI is InChI=1S/C17H14F2N2O4/c18-17(19,16(23)24)25-14-6-3-12(4-7-14)5-8-15(22)21-11-13-2-1-9-20-10-13/h1-10H,11H2,(H,21,22)(H,23,24). The van der Waals surface area contributed by atoms with Gasteiger partial charge in [-0.1, -0.05) is 18.2 Å². The summed E-state index contributed by atoms with van der Waals surface area (Å²) in [5.41, 5.74) is 1.41. The lowest BCUT2D eigenvalue weighted by molar-refractivity contribution is -0.210. The zero-order valence-corrected chi connectivity index (χ0v) is 12.9. The number of nitrogens with one attached hydrogen (secondary N) is 1. The molecule has 2 N–H and O–H groups in total. The van der Waals surface area contributed by atoms with Gasteiger partial charge < -0.3 is 15.2 Å². The molecular weight excluding hydrogens is 334 g/mol. The number of carbonyl (C=O) groups excluding carboxylic acids is 1. The topological polar surface area (TPSA) is 88.5 Å². The van der Waals surface area contributed by atoms with Crippen LogP contribution in [-0.2, 0) is 16.1 Å². The van der Waals surface area contributed by atoms with Gasteiger partial charge in [0.05, 0.1) is 0 Å². The number of carbonyl (C=O) groups is 2. The third-order valence-corrected chi connectivity index (χ3v) is 2.99. The number of halogens is 2. The van der Waals surface area contributed by atoms with Crippen molar-refractivity contribution < 1.29 is 28.2 Å². The fourth-order valence-corrected chi connectivity index (χ4v) is 1.76. The maximum absolute atomic E-state index is 12.9. The first-order chi connectivity index (χ1) is 11.9. The molecule has 130 valence electrons. The molecule has 8 heteroatoms. The van der Waals surface area contributed by atoms with Crippen molar-refractivity contribution in [1.82, 2.24) is 10.3 Å². The Morgan fingerprint density at radius 3 is 2.56 bits per heavy atom. The quantitative estimate of drug-likeness (QED) is 0.751. The summed E-state index contributed by atoms with van der Waals surface area (Å²) >= 11 is 0. The van der Waals surface area contributed by atoms with Gasteiger partial charge in [0.25, 0.3) is 0 Å². The molecule has 0 atom stereocenters. The van der Waals surface area contributed by atoms with Crippen LogP contribution in [-0.4, -0.2) is 28.1 Å². The molecule has 1 aromatic heterocycles. The van der Waals surface area contributed by atoms with Crippen LogP contribution in [0.3, 0.4) is 0 Å². The highest BCUT2D eigenvalue weighted by Crippen LogP contribution is 2.22. The van der Waals surface area contributed by atoms with Gasteiger partial charge >= 0.3 is 12.1 Å². The van der Waals surface area contributed by atoms with E-state index >= 15 is 0 Å². The Morgan fingerprint density at radius 1 is 1.24 bits per heavy atom. The number of ether oxygens (including phenoxy) is 1. The SMILES string of the molecule is O=C(C=Cc1ccc(OC(F)(F)C(=O)O)cc1)NCc1cccnc1. The molecule has 0 saturated carbocycles. The largest absolute Gasteiger partial charge is 0.501 e. The van der Waals surface area contributed by atoms with Gasteiger partial charge in [0.1, 0.15) is 5.75 Å². The Hall–Kier alpha value is -3.29. The van der Waals surface area contributed by atoms with Crippen LogP contribution in [0.5, 0.6) is 5.75 Å². The molecule has 0 fully saturated rings. The number of benzene rings is 1. The van der Waals surface area contributed by atoms with Crippen LogP contribution in [0.25, 0.3) is 6.08 Å². The Morgan fingerprint density at radius 2 is 1.96 bits per heavy atom. The summed E-state index contributed by atoms with van der Waals surface area (Å²) in [4.78, 5) is 25.9. The van der Waals surface area contributed by atoms with Crippen LogP contribution >= 0.6 is 0 Å². The van der Waals surface area contributed by atoms with Crippen molar-refractivity contribution in [1.29, 1.82) is 0 Å². The zero-order valence-electron chi connectivity index (χ0n) is 12.9. The van der Waals surface area contributed by atoms with Crippen molar-refractivity contribution in [3.8, 4) is 5.75 Å². The first-order valence-corrected chi connectivity index (χ1v) is 7.12. The fourth-order valence-electron chi connectivity index (χ4n) is 1.76. The molecule has 0 aliphatic rings. The van der Waals surface area contributed by atoms with Crippen molar-refractivity contribution in [3.05, 3.63) is 66.0 Å². The van der Waals surface area contributed by atoms with E-state index in [9.17, 15) is 18.4 Å². The van der Waals surface area contributed by atoms with Crippen molar-refractivity contribution in [3.63, 3.8) is 0 Å². The summed E-state index contributed by atoms with van der Waals surface area (Å²) in [6, 6.07) is 8.78. The molecule has 1 aromatic carbocycles. The van der Waals surface area contributed by atoms with E-state index in [0.29, 0.717) is 12.1 Å². The van der Waals surface area contributed by atoms with E-state index in [2.05, 4.69) is 15.0 Å². The van der Waals surface area contributed by atoms with Crippen LogP contribution in [0, 0.1) is 0 Å². The van der Waals surface area contributed by atoms with Crippen LogP contribution in [0.1, 0.15) is 11.1 Å². The summed E-state index contributed by atoms with van der Waals surface area (Å²) < 4.78 is 29.9. The number of pyridine rings is 1. The van der Waals surface area contributed by atoms with Crippen molar-refractivity contribution in [2.45, 2.75) is 12.7 Å². The van der Waals surface area contributed by atoms with Gasteiger partial charge in [-0.05, 0) is 35.4 Å². The average molecular weight is 348 g/mol. The lowest BCUT2D eigenvalue weighted by Gasteiger charge is -2.12. The minimum absolute atomic E-state index is 0.300. The molecule has 2 aromatic rings. The maximum Gasteiger partial charge on any atom is 0.501 e. The number of alkyl halides is 2. The van der Waals surface area contributed by atoms with Gasteiger partial charge in [0.15, 0.2) is 0 Å². The molecule has 0 aliphatic carbocycles. The van der Waals surface area contributed by atoms with Crippen LogP contribution in [0.2, 0.25) is 0 Å². The van der Waals surface area contributed by atoms with Crippen molar-refractivity contribution >= 4 is 18.0 Å². The summed E-state index contributed by atoms with van der Waals surface area (Å²) in [5, 5.41) is 11.0. The molecular formula is C17H14F2N2O4. The second-order valence-corrected chi connectivity index (χ2v) is 4.91. The minimum atomic E-state index is -4.30. The first-order valence-electron chi connectivity index (χ1n) is 7.12. The molecule has 0 radical (unpaired) electrons. The molecule has 0 unspecified atom stereocenters. The summed E-state index contributed by atoms with van der Waals surface area (Å²) in [6.45, 7) is 0.327. The molecule has 6 nitrogen and oxygen atoms in total. The summed E-state index contributed by atoms with van der Waals surface area (Å²) in [5.74, 6) is -3.01. The Labute approximate surface area is 141 Å². The summed E-state index contributed by atoms with van der Waals surface area (Å²) in [6.07, 6.45) is 1.74. The number of nitrogens with zero attached hydrogens (tertiary/aromatic N) is 1. The summed E-state index contributed by atoms with van der Waals surface area (Å²) in [7, 11) is 0. The molecule has 25 heavy (non-hydrogen) atoms. The number of carboxylic acid groups (broad SMARTS) is 1. The Bertz CT molecular complexity index is 762. The Kier molecular flexibility index (Phi) is 5.78. The zero-order chi connectivity index (χ0) is 18.3. The van der Waals surface area contributed by atoms with Gasteiger partial charge in [-0.3, -0.25) is 9.78 Å². The number of rotatable bonds is 7. The molecule has 0 aliphatic heterocycles. The number of carboxylic acids is 1. The van der Waals surface area contributed by atoms with Crippen LogP contribution < -0.4 is 10.1 Å². The highest BCUT2D eigenvalue weighted by molar-refractivity contribution is 5.91. The highest BCUT2D eigenvalue weighted by atomic mass is 19.3. The maximum atomic E-state index is 12.9. The number of aromatic nitrogens is 1. The Balaban J connectivity index is 1.88. The predicted octanol–water partition coefficient (Wildman–Crippen LogP) is 2.47. The number of hydrogen-bond acceptors (Lipinski definition) is 4. The number of amides is 1. The molecule has 1 amide bonds. The van der Waals surface area contributed by atoms with E-state index in [1.807, 2.05) is 6.07 Å². The number of aliphatic carboxylic acids is 1. The number of hydrogen-bond donors (Lipinski definition) is 2. The molecule has 2 rings (SSSR count). The van der Waals surface area contributed by atoms with E-state index in [0.717, 1.165) is 5.56 Å². The second kappa shape index (κ2) is 8.00. The van der Waals surface area contributed by atoms with Crippen molar-refractivity contribution in [2.24, 2.45) is 0 Å². The third-order valence-electron chi connectivity index (χ3n) is 2.99. The molecule has 0 bridgehead atoms. The van der Waals surface area contributed by atoms with Crippen LogP contribution in [0.4, 0.5) is 8.78 Å². The first kappa shape index (κ1) is 18.1. The highest BCUT2D eigenvalue weighted by Gasteiger charge is 2.42. The van der Waals surface area contributed by atoms with Gasteiger partial charge in [-0.2, -0.15) is 8.78 Å². The second-order valence-electron chi connectivity index (χ2n) is 4.91. The molecule has 0 saturated heterocycles. The van der Waals surface area contributed by atoms with Gasteiger partial charge in [-0.25, -0.2) is 4.79 Å². The van der Waals surface area contributed by atoms with E-state index in [1.54, 1.807) is 18.5 Å². The lowest BCUT2D eigenvalue weighted by atomic mass is 10.2. The van der Waals surface area contributed by atoms with Crippen LogP contribution in [0.15, 0.2) is 54.9 Å². The van der Waals surface area contributed by atoms with Gasteiger partial charge in [0.2, 0.25) is 5.91 Å². The van der Waals surface area contributed by atoms with Gasteiger partial charge in [0, 0.05) is 25.0 Å². The normalized spacial score (nSPS) is 11.3. The van der Waals surface area contributed by atoms with E-state index in [1.165, 1.54) is 36.4 Å². The fraction of sp³-hybridized carbons (Fsp3) is 0.118. The van der Waals surface area contributed by atoms with E-state index < -0.39 is 12.1 Å². The minimum Gasteiger partial charge on any atom is -0.474 e. The monoisotopic (exact) mass is 348 g/mol. The average Bonchev–Trinajstić information content (AvgIpc) is 2.60. The molecule has 0 spiro atoms. The predicted molar refractivity (Wildman–Crippen MR) is 84.8 cm³/mol. The van der Waals surface area contributed by atoms with E-state index in [4.69, 9.17) is 5.11 Å². The lowest BCUT2D eigenvalue weighted by Crippen LogP contribution is -2.34. The van der Waals surface area contributed by atoms with Crippen molar-refractivity contribution in [2.75, 3.05) is 0 Å². The smallest absolute Gasteiger partial charge is 0.474 e. The van der Waals surface area contributed by atoms with E-state index in [-0.39, 0.29) is 11.7 Å².